The summed E-state index contributed by atoms with van der Waals surface area (Å²) in [6.45, 7) is 3.38. The van der Waals surface area contributed by atoms with E-state index in [2.05, 4.69) is 15.0 Å². The van der Waals surface area contributed by atoms with Crippen LogP contribution >= 0.6 is 0 Å². The zero-order valence-electron chi connectivity index (χ0n) is 11.1. The summed E-state index contributed by atoms with van der Waals surface area (Å²) in [7, 11) is 1.99. The molecule has 1 aromatic rings. The van der Waals surface area contributed by atoms with E-state index < -0.39 is 0 Å². The predicted molar refractivity (Wildman–Crippen MR) is 70.6 cm³/mol. The summed E-state index contributed by atoms with van der Waals surface area (Å²) in [5, 5.41) is 0. The molecule has 18 heavy (non-hydrogen) atoms. The summed E-state index contributed by atoms with van der Waals surface area (Å²) in [4.78, 5) is 14.4. The molecule has 0 aromatic carbocycles. The van der Waals surface area contributed by atoms with E-state index >= 15 is 0 Å². The molecular weight excluding hydrogens is 230 g/mol. The highest BCUT2D eigenvalue weighted by atomic mass is 16.5. The maximum atomic E-state index is 5.67. The van der Waals surface area contributed by atoms with Gasteiger partial charge in [-0.1, -0.05) is 12.8 Å². The highest BCUT2D eigenvalue weighted by Crippen LogP contribution is 2.26. The average Bonchev–Trinajstić information content (AvgIpc) is 2.81. The molecule has 1 aromatic heterocycles. The molecule has 0 spiro atoms. The van der Waals surface area contributed by atoms with Gasteiger partial charge in [0.15, 0.2) is 0 Å². The fourth-order valence-corrected chi connectivity index (χ4v) is 2.39. The van der Waals surface area contributed by atoms with E-state index in [0.29, 0.717) is 18.6 Å². The van der Waals surface area contributed by atoms with Crippen LogP contribution in [0.2, 0.25) is 0 Å². The molecule has 2 rings (SSSR count). The van der Waals surface area contributed by atoms with Crippen LogP contribution in [-0.4, -0.2) is 35.2 Å². The Labute approximate surface area is 108 Å². The van der Waals surface area contributed by atoms with Gasteiger partial charge in [0.2, 0.25) is 11.9 Å². The molecule has 0 atom stereocenters. The Kier molecular flexibility index (Phi) is 4.17. The Morgan fingerprint density at radius 3 is 2.67 bits per heavy atom. The molecule has 6 heteroatoms. The van der Waals surface area contributed by atoms with E-state index in [1.165, 1.54) is 25.7 Å². The van der Waals surface area contributed by atoms with Crippen molar-refractivity contribution >= 4 is 11.9 Å². The van der Waals surface area contributed by atoms with Gasteiger partial charge in [0, 0.05) is 13.6 Å². The van der Waals surface area contributed by atoms with Gasteiger partial charge in [-0.15, -0.1) is 0 Å². The molecule has 1 heterocycles. The van der Waals surface area contributed by atoms with Gasteiger partial charge in [-0.25, -0.2) is 0 Å². The molecule has 100 valence electrons. The third-order valence-electron chi connectivity index (χ3n) is 3.24. The van der Waals surface area contributed by atoms with Gasteiger partial charge in [0.25, 0.3) is 0 Å². The van der Waals surface area contributed by atoms with Crippen molar-refractivity contribution in [3.63, 3.8) is 0 Å². The van der Waals surface area contributed by atoms with Crippen LogP contribution in [0, 0.1) is 5.92 Å². The molecular formula is C12H21N5O. The van der Waals surface area contributed by atoms with Gasteiger partial charge in [0.05, 0.1) is 6.61 Å². The zero-order chi connectivity index (χ0) is 13.0. The molecule has 1 aliphatic rings. The number of nitrogen functional groups attached to an aromatic ring is 1. The second kappa shape index (κ2) is 5.84. The van der Waals surface area contributed by atoms with E-state index in [-0.39, 0.29) is 5.95 Å². The third kappa shape index (κ3) is 3.21. The lowest BCUT2D eigenvalue weighted by Gasteiger charge is -2.21. The van der Waals surface area contributed by atoms with Crippen LogP contribution < -0.4 is 15.4 Å². The summed E-state index contributed by atoms with van der Waals surface area (Å²) in [5.41, 5.74) is 5.67. The molecule has 0 saturated heterocycles. The average molecular weight is 251 g/mol. The number of nitrogens with two attached hydrogens (primary N) is 1. The molecule has 0 unspecified atom stereocenters. The Morgan fingerprint density at radius 1 is 1.28 bits per heavy atom. The highest BCUT2D eigenvalue weighted by Gasteiger charge is 2.19. The van der Waals surface area contributed by atoms with Crippen molar-refractivity contribution in [2.24, 2.45) is 5.92 Å². The SMILES string of the molecule is CCOc1nc(N)nc(N(C)CC2CCCC2)n1. The topological polar surface area (TPSA) is 77.2 Å². The largest absolute Gasteiger partial charge is 0.464 e. The summed E-state index contributed by atoms with van der Waals surface area (Å²) in [6, 6.07) is 0.304. The number of hydrogen-bond acceptors (Lipinski definition) is 6. The number of anilines is 2. The van der Waals surface area contributed by atoms with Crippen LogP contribution in [0.15, 0.2) is 0 Å². The van der Waals surface area contributed by atoms with Crippen LogP contribution in [0.3, 0.4) is 0 Å². The van der Waals surface area contributed by atoms with Gasteiger partial charge in [-0.3, -0.25) is 0 Å². The molecule has 0 aliphatic heterocycles. The van der Waals surface area contributed by atoms with E-state index in [1.807, 2.05) is 18.9 Å². The Morgan fingerprint density at radius 2 is 2.00 bits per heavy atom. The first-order valence-corrected chi connectivity index (χ1v) is 6.54. The standard InChI is InChI=1S/C12H21N5O/c1-3-18-12-15-10(13)14-11(16-12)17(2)8-9-6-4-5-7-9/h9H,3-8H2,1-2H3,(H2,13,14,15,16). The van der Waals surface area contributed by atoms with Crippen LogP contribution in [0.4, 0.5) is 11.9 Å². The first-order chi connectivity index (χ1) is 8.69. The van der Waals surface area contributed by atoms with E-state index in [4.69, 9.17) is 10.5 Å². The predicted octanol–water partition coefficient (Wildman–Crippen LogP) is 1.48. The summed E-state index contributed by atoms with van der Waals surface area (Å²) in [6.07, 6.45) is 5.26. The van der Waals surface area contributed by atoms with E-state index in [9.17, 15) is 0 Å². The van der Waals surface area contributed by atoms with Gasteiger partial charge >= 0.3 is 6.01 Å². The van der Waals surface area contributed by atoms with Gasteiger partial charge in [-0.2, -0.15) is 15.0 Å². The quantitative estimate of drug-likeness (QED) is 0.854. The lowest BCUT2D eigenvalue weighted by atomic mass is 10.1. The third-order valence-corrected chi connectivity index (χ3v) is 3.24. The van der Waals surface area contributed by atoms with Crippen LogP contribution in [0.1, 0.15) is 32.6 Å². The van der Waals surface area contributed by atoms with Gasteiger partial charge in [0.1, 0.15) is 0 Å². The highest BCUT2D eigenvalue weighted by molar-refractivity contribution is 5.35. The van der Waals surface area contributed by atoms with Crippen molar-refractivity contribution < 1.29 is 4.74 Å². The van der Waals surface area contributed by atoms with Crippen LogP contribution in [-0.2, 0) is 0 Å². The number of rotatable bonds is 5. The molecule has 1 fully saturated rings. The van der Waals surface area contributed by atoms with Crippen molar-refractivity contribution in [1.82, 2.24) is 15.0 Å². The summed E-state index contributed by atoms with van der Waals surface area (Å²) in [5.74, 6) is 1.54. The van der Waals surface area contributed by atoms with Gasteiger partial charge < -0.3 is 15.4 Å². The van der Waals surface area contributed by atoms with Crippen LogP contribution in [0.5, 0.6) is 6.01 Å². The molecule has 0 amide bonds. The molecule has 1 saturated carbocycles. The fraction of sp³-hybridized carbons (Fsp3) is 0.750. The molecule has 0 radical (unpaired) electrons. The maximum absolute atomic E-state index is 5.67. The van der Waals surface area contributed by atoms with Crippen molar-refractivity contribution in [3.05, 3.63) is 0 Å². The molecule has 1 aliphatic carbocycles. The lowest BCUT2D eigenvalue weighted by Crippen LogP contribution is -2.26. The van der Waals surface area contributed by atoms with Crippen molar-refractivity contribution in [2.45, 2.75) is 32.6 Å². The Balaban J connectivity index is 2.05. The van der Waals surface area contributed by atoms with Crippen LogP contribution in [0.25, 0.3) is 0 Å². The molecule has 0 bridgehead atoms. The minimum absolute atomic E-state index is 0.210. The van der Waals surface area contributed by atoms with Crippen molar-refractivity contribution in [1.29, 1.82) is 0 Å². The van der Waals surface area contributed by atoms with Gasteiger partial charge in [-0.05, 0) is 25.7 Å². The zero-order valence-corrected chi connectivity index (χ0v) is 11.1. The number of ether oxygens (including phenoxy) is 1. The van der Waals surface area contributed by atoms with Crippen molar-refractivity contribution in [3.8, 4) is 6.01 Å². The number of nitrogens with zero attached hydrogens (tertiary/aromatic N) is 4. The number of aromatic nitrogens is 3. The monoisotopic (exact) mass is 251 g/mol. The molecule has 2 N–H and O–H groups in total. The molecule has 6 nitrogen and oxygen atoms in total. The Bertz CT molecular complexity index is 392. The summed E-state index contributed by atoms with van der Waals surface area (Å²) >= 11 is 0. The lowest BCUT2D eigenvalue weighted by molar-refractivity contribution is 0.312. The second-order valence-corrected chi connectivity index (χ2v) is 4.74. The minimum atomic E-state index is 0.210. The fourth-order valence-electron chi connectivity index (χ4n) is 2.39. The van der Waals surface area contributed by atoms with E-state index in [1.54, 1.807) is 0 Å². The normalized spacial score (nSPS) is 15.9. The first kappa shape index (κ1) is 12.9. The second-order valence-electron chi connectivity index (χ2n) is 4.74. The first-order valence-electron chi connectivity index (χ1n) is 6.54. The van der Waals surface area contributed by atoms with E-state index in [0.717, 1.165) is 12.5 Å². The number of hydrogen-bond donors (Lipinski definition) is 1. The minimum Gasteiger partial charge on any atom is -0.464 e. The summed E-state index contributed by atoms with van der Waals surface area (Å²) < 4.78 is 5.28. The smallest absolute Gasteiger partial charge is 0.323 e. The van der Waals surface area contributed by atoms with Crippen molar-refractivity contribution in [2.75, 3.05) is 30.8 Å². The Hall–Kier alpha value is -1.59. The maximum Gasteiger partial charge on any atom is 0.323 e.